The average Bonchev–Trinajstić information content (AvgIpc) is 3.27. The summed E-state index contributed by atoms with van der Waals surface area (Å²) in [5, 5.41) is 2.70. The van der Waals surface area contributed by atoms with E-state index in [-0.39, 0.29) is 30.7 Å². The molecule has 1 fully saturated rings. The monoisotopic (exact) mass is 388 g/mol. The lowest BCUT2D eigenvalue weighted by molar-refractivity contribution is -0.160. The van der Waals surface area contributed by atoms with Crippen LogP contribution in [0.3, 0.4) is 0 Å². The van der Waals surface area contributed by atoms with Crippen LogP contribution in [0.15, 0.2) is 42.1 Å². The first-order valence-electron chi connectivity index (χ1n) is 9.35. The van der Waals surface area contributed by atoms with Gasteiger partial charge in [-0.1, -0.05) is 30.3 Å². The number of carbonyl (C=O) groups excluding carboxylic acids is 3. The SMILES string of the molecule is CCO[C@@H]1OC(=O)C=C1NC(=O)[C@@H]1CCCN1CC(=O)OCc1ccccc1. The van der Waals surface area contributed by atoms with E-state index < -0.39 is 18.3 Å². The van der Waals surface area contributed by atoms with Crippen LogP contribution < -0.4 is 5.32 Å². The van der Waals surface area contributed by atoms with Crippen LogP contribution in [0.5, 0.6) is 0 Å². The second kappa shape index (κ2) is 9.48. The van der Waals surface area contributed by atoms with Crippen LogP contribution in [0.25, 0.3) is 0 Å². The second-order valence-electron chi connectivity index (χ2n) is 6.59. The predicted molar refractivity (Wildman–Crippen MR) is 98.6 cm³/mol. The maximum atomic E-state index is 12.7. The average molecular weight is 388 g/mol. The topological polar surface area (TPSA) is 94.2 Å². The van der Waals surface area contributed by atoms with Gasteiger partial charge in [-0.15, -0.1) is 0 Å². The Bertz CT molecular complexity index is 748. The number of cyclic esters (lactones) is 1. The Morgan fingerprint density at radius 2 is 2.07 bits per heavy atom. The molecule has 2 heterocycles. The van der Waals surface area contributed by atoms with Gasteiger partial charge < -0.3 is 19.5 Å². The quantitative estimate of drug-likeness (QED) is 0.667. The summed E-state index contributed by atoms with van der Waals surface area (Å²) in [4.78, 5) is 38.1. The van der Waals surface area contributed by atoms with E-state index in [4.69, 9.17) is 14.2 Å². The molecular formula is C20H24N2O6. The highest BCUT2D eigenvalue weighted by molar-refractivity contribution is 5.89. The Hall–Kier alpha value is -2.71. The third-order valence-corrected chi connectivity index (χ3v) is 4.58. The van der Waals surface area contributed by atoms with Gasteiger partial charge in [0.05, 0.1) is 18.3 Å². The molecule has 0 aliphatic carbocycles. The smallest absolute Gasteiger partial charge is 0.335 e. The molecule has 1 saturated heterocycles. The highest BCUT2D eigenvalue weighted by atomic mass is 16.7. The van der Waals surface area contributed by atoms with Crippen LogP contribution in [0.2, 0.25) is 0 Å². The largest absolute Gasteiger partial charge is 0.460 e. The van der Waals surface area contributed by atoms with Crippen molar-refractivity contribution in [2.24, 2.45) is 0 Å². The first-order chi connectivity index (χ1) is 13.6. The van der Waals surface area contributed by atoms with Crippen LogP contribution >= 0.6 is 0 Å². The lowest BCUT2D eigenvalue weighted by atomic mass is 10.2. The van der Waals surface area contributed by atoms with E-state index in [0.29, 0.717) is 19.6 Å². The minimum Gasteiger partial charge on any atom is -0.460 e. The Kier molecular flexibility index (Phi) is 6.78. The van der Waals surface area contributed by atoms with Crippen molar-refractivity contribution < 1.29 is 28.6 Å². The lowest BCUT2D eigenvalue weighted by Crippen LogP contribution is -2.46. The minimum atomic E-state index is -0.896. The van der Waals surface area contributed by atoms with Crippen LogP contribution in [0.1, 0.15) is 25.3 Å². The molecule has 1 aromatic carbocycles. The summed E-state index contributed by atoms with van der Waals surface area (Å²) in [7, 11) is 0. The molecule has 1 amide bonds. The predicted octanol–water partition coefficient (Wildman–Crippen LogP) is 1.11. The van der Waals surface area contributed by atoms with Gasteiger partial charge in [-0.05, 0) is 31.9 Å². The van der Waals surface area contributed by atoms with Crippen molar-refractivity contribution in [1.29, 1.82) is 0 Å². The van der Waals surface area contributed by atoms with Crippen molar-refractivity contribution in [2.45, 2.75) is 38.7 Å². The van der Waals surface area contributed by atoms with Gasteiger partial charge in [0.25, 0.3) is 0 Å². The zero-order chi connectivity index (χ0) is 19.9. The summed E-state index contributed by atoms with van der Waals surface area (Å²) < 4.78 is 15.6. The second-order valence-corrected chi connectivity index (χ2v) is 6.59. The molecule has 150 valence electrons. The zero-order valence-corrected chi connectivity index (χ0v) is 15.8. The van der Waals surface area contributed by atoms with Crippen molar-refractivity contribution in [1.82, 2.24) is 10.2 Å². The molecule has 2 aliphatic heterocycles. The number of nitrogens with zero attached hydrogens (tertiary/aromatic N) is 1. The summed E-state index contributed by atoms with van der Waals surface area (Å²) in [5.74, 6) is -1.22. The van der Waals surface area contributed by atoms with Gasteiger partial charge >= 0.3 is 11.9 Å². The molecule has 1 aromatic rings. The molecule has 0 aromatic heterocycles. The number of nitrogens with one attached hydrogen (secondary N) is 1. The van der Waals surface area contributed by atoms with Crippen LogP contribution in [-0.4, -0.2) is 54.8 Å². The highest BCUT2D eigenvalue weighted by Gasteiger charge is 2.35. The van der Waals surface area contributed by atoms with E-state index in [0.717, 1.165) is 12.0 Å². The van der Waals surface area contributed by atoms with Crippen molar-refractivity contribution in [3.8, 4) is 0 Å². The number of rotatable bonds is 8. The van der Waals surface area contributed by atoms with Gasteiger partial charge in [-0.25, -0.2) is 4.79 Å². The number of ether oxygens (including phenoxy) is 3. The molecule has 8 nitrogen and oxygen atoms in total. The van der Waals surface area contributed by atoms with Crippen molar-refractivity contribution in [3.63, 3.8) is 0 Å². The van der Waals surface area contributed by atoms with Gasteiger partial charge in [0.2, 0.25) is 12.2 Å². The minimum absolute atomic E-state index is 0.0360. The number of carbonyl (C=O) groups is 3. The Balaban J connectivity index is 1.52. The van der Waals surface area contributed by atoms with Crippen molar-refractivity contribution >= 4 is 17.8 Å². The molecule has 8 heteroatoms. The van der Waals surface area contributed by atoms with Gasteiger partial charge in [0.1, 0.15) is 6.61 Å². The Labute approximate surface area is 163 Å². The molecule has 1 N–H and O–H groups in total. The normalized spacial score (nSPS) is 21.9. The standard InChI is InChI=1S/C20H24N2O6/c1-2-26-20-15(11-17(23)28-20)21-19(25)16-9-6-10-22(16)12-18(24)27-13-14-7-4-3-5-8-14/h3-5,7-8,11,16,20H,2,6,9-10,12-13H2,1H3,(H,21,25)/t16-,20+/m0/s1. The molecule has 3 rings (SSSR count). The third-order valence-electron chi connectivity index (χ3n) is 4.58. The van der Waals surface area contributed by atoms with Crippen molar-refractivity contribution in [3.05, 3.63) is 47.7 Å². The van der Waals surface area contributed by atoms with Crippen LogP contribution in [-0.2, 0) is 35.2 Å². The molecular weight excluding hydrogens is 364 g/mol. The fourth-order valence-electron chi connectivity index (χ4n) is 3.26. The fraction of sp³-hybridized carbons (Fsp3) is 0.450. The van der Waals surface area contributed by atoms with Crippen LogP contribution in [0, 0.1) is 0 Å². The molecule has 0 bridgehead atoms. The molecule has 0 radical (unpaired) electrons. The number of esters is 2. The van der Waals surface area contributed by atoms with Gasteiger partial charge in [-0.2, -0.15) is 0 Å². The number of amides is 1. The summed E-state index contributed by atoms with van der Waals surface area (Å²) in [5.41, 5.74) is 1.20. The van der Waals surface area contributed by atoms with E-state index in [1.54, 1.807) is 11.8 Å². The first kappa shape index (κ1) is 20.0. The van der Waals surface area contributed by atoms with Gasteiger partial charge in [0, 0.05) is 12.7 Å². The maximum Gasteiger partial charge on any atom is 0.335 e. The van der Waals surface area contributed by atoms with E-state index in [1.165, 1.54) is 6.08 Å². The molecule has 2 atom stereocenters. The van der Waals surface area contributed by atoms with E-state index in [2.05, 4.69) is 5.32 Å². The Morgan fingerprint density at radius 3 is 2.82 bits per heavy atom. The zero-order valence-electron chi connectivity index (χ0n) is 15.8. The lowest BCUT2D eigenvalue weighted by Gasteiger charge is -2.23. The number of hydrogen-bond acceptors (Lipinski definition) is 7. The summed E-state index contributed by atoms with van der Waals surface area (Å²) in [6.45, 7) is 2.97. The molecule has 2 aliphatic rings. The van der Waals surface area contributed by atoms with E-state index in [1.807, 2.05) is 30.3 Å². The van der Waals surface area contributed by atoms with E-state index >= 15 is 0 Å². The van der Waals surface area contributed by atoms with Crippen LogP contribution in [0.4, 0.5) is 0 Å². The summed E-state index contributed by atoms with van der Waals surface area (Å²) in [6, 6.07) is 8.95. The Morgan fingerprint density at radius 1 is 1.29 bits per heavy atom. The number of hydrogen-bond donors (Lipinski definition) is 1. The molecule has 0 saturated carbocycles. The molecule has 0 spiro atoms. The first-order valence-corrected chi connectivity index (χ1v) is 9.35. The molecule has 28 heavy (non-hydrogen) atoms. The third kappa shape index (κ3) is 5.17. The molecule has 0 unspecified atom stereocenters. The van der Waals surface area contributed by atoms with Gasteiger partial charge in [0.15, 0.2) is 0 Å². The van der Waals surface area contributed by atoms with Crippen molar-refractivity contribution in [2.75, 3.05) is 19.7 Å². The van der Waals surface area contributed by atoms with E-state index in [9.17, 15) is 14.4 Å². The highest BCUT2D eigenvalue weighted by Crippen LogP contribution is 2.20. The number of likely N-dealkylation sites (tertiary alicyclic amines) is 1. The fourth-order valence-corrected chi connectivity index (χ4v) is 3.26. The summed E-state index contributed by atoms with van der Waals surface area (Å²) >= 11 is 0. The summed E-state index contributed by atoms with van der Waals surface area (Å²) in [6.07, 6.45) is 1.74. The number of benzene rings is 1. The van der Waals surface area contributed by atoms with Gasteiger partial charge in [-0.3, -0.25) is 14.5 Å². The maximum absolute atomic E-state index is 12.7.